The summed E-state index contributed by atoms with van der Waals surface area (Å²) in [5.41, 5.74) is 9.24. The molecule has 0 saturated carbocycles. The number of nitrogens with zero attached hydrogens (tertiary/aromatic N) is 3. The summed E-state index contributed by atoms with van der Waals surface area (Å²) >= 11 is 1.88. The first-order valence-electron chi connectivity index (χ1n) is 16.1. The van der Waals surface area contributed by atoms with Crippen LogP contribution in [0.2, 0.25) is 13.1 Å². The van der Waals surface area contributed by atoms with Gasteiger partial charge in [0.2, 0.25) is 0 Å². The van der Waals surface area contributed by atoms with Gasteiger partial charge in [-0.3, -0.25) is 0 Å². The minimum Gasteiger partial charge on any atom is -0.309 e. The SMILES string of the molecule is C[Si]1(C)c2ccccc2-c2c(-c3ccc(-n4c5ccccc5c5c6c(ccc54)sc4ccccc46)cc3)nc(-c3ccccc3)nc21. The van der Waals surface area contributed by atoms with E-state index in [2.05, 4.69) is 151 Å². The second-order valence-corrected chi connectivity index (χ2v) is 18.3. The van der Waals surface area contributed by atoms with Crippen LogP contribution >= 0.6 is 11.3 Å². The molecule has 0 saturated heterocycles. The zero-order valence-corrected chi connectivity index (χ0v) is 27.8. The van der Waals surface area contributed by atoms with E-state index >= 15 is 0 Å². The van der Waals surface area contributed by atoms with Gasteiger partial charge in [0, 0.05) is 58.6 Å². The van der Waals surface area contributed by atoms with E-state index in [9.17, 15) is 0 Å². The molecule has 222 valence electrons. The molecule has 4 heterocycles. The van der Waals surface area contributed by atoms with Crippen molar-refractivity contribution in [3.63, 3.8) is 0 Å². The van der Waals surface area contributed by atoms with Crippen LogP contribution in [0.15, 0.2) is 140 Å². The lowest BCUT2D eigenvalue weighted by molar-refractivity contribution is 1.18. The number of hydrogen-bond donors (Lipinski definition) is 0. The lowest BCUT2D eigenvalue weighted by Gasteiger charge is -2.19. The average molecular weight is 636 g/mol. The van der Waals surface area contributed by atoms with Crippen LogP contribution in [-0.2, 0) is 0 Å². The maximum Gasteiger partial charge on any atom is 0.159 e. The smallest absolute Gasteiger partial charge is 0.159 e. The minimum atomic E-state index is -2.02. The van der Waals surface area contributed by atoms with Gasteiger partial charge in [-0.15, -0.1) is 11.3 Å². The summed E-state index contributed by atoms with van der Waals surface area (Å²) in [6.07, 6.45) is 0. The highest BCUT2D eigenvalue weighted by molar-refractivity contribution is 7.26. The molecule has 0 fully saturated rings. The molecular formula is C42H29N3SSi. The first kappa shape index (κ1) is 26.8. The van der Waals surface area contributed by atoms with Gasteiger partial charge in [-0.05, 0) is 47.1 Å². The van der Waals surface area contributed by atoms with Gasteiger partial charge in [-0.1, -0.05) is 116 Å². The number of rotatable bonds is 3. The highest BCUT2D eigenvalue weighted by atomic mass is 32.1. The van der Waals surface area contributed by atoms with Crippen LogP contribution in [0.3, 0.4) is 0 Å². The number of para-hydroxylation sites is 1. The largest absolute Gasteiger partial charge is 0.309 e. The van der Waals surface area contributed by atoms with Crippen LogP contribution in [0, 0.1) is 0 Å². The molecule has 9 aromatic rings. The van der Waals surface area contributed by atoms with Crippen molar-refractivity contribution in [2.75, 3.05) is 0 Å². The van der Waals surface area contributed by atoms with Crippen LogP contribution < -0.4 is 10.5 Å². The predicted octanol–water partition coefficient (Wildman–Crippen LogP) is 10.1. The molecule has 0 atom stereocenters. The summed E-state index contributed by atoms with van der Waals surface area (Å²) < 4.78 is 5.08. The summed E-state index contributed by atoms with van der Waals surface area (Å²) in [6.45, 7) is 4.84. The lowest BCUT2D eigenvalue weighted by atomic mass is 10.00. The molecule has 0 bridgehead atoms. The third-order valence-electron chi connectivity index (χ3n) is 9.98. The molecule has 1 aliphatic heterocycles. The van der Waals surface area contributed by atoms with Crippen molar-refractivity contribution in [3.8, 4) is 39.5 Å². The molecule has 6 aromatic carbocycles. The minimum absolute atomic E-state index is 0.797. The van der Waals surface area contributed by atoms with Gasteiger partial charge in [-0.25, -0.2) is 9.97 Å². The topological polar surface area (TPSA) is 30.7 Å². The molecule has 10 rings (SSSR count). The first-order chi connectivity index (χ1) is 23.1. The van der Waals surface area contributed by atoms with E-state index in [1.54, 1.807) is 0 Å². The van der Waals surface area contributed by atoms with Gasteiger partial charge in [-0.2, -0.15) is 0 Å². The fourth-order valence-corrected chi connectivity index (χ4v) is 11.8. The number of hydrogen-bond acceptors (Lipinski definition) is 3. The maximum atomic E-state index is 5.30. The van der Waals surface area contributed by atoms with E-state index in [4.69, 9.17) is 9.97 Å². The van der Waals surface area contributed by atoms with Crippen LogP contribution in [0.1, 0.15) is 0 Å². The van der Waals surface area contributed by atoms with Gasteiger partial charge < -0.3 is 4.57 Å². The van der Waals surface area contributed by atoms with Crippen molar-refractivity contribution < 1.29 is 0 Å². The van der Waals surface area contributed by atoms with Gasteiger partial charge in [0.05, 0.1) is 16.7 Å². The summed E-state index contributed by atoms with van der Waals surface area (Å²) in [5.74, 6) is 0.797. The molecule has 0 spiro atoms. The number of thiophene rings is 1. The van der Waals surface area contributed by atoms with E-state index in [0.29, 0.717) is 0 Å². The van der Waals surface area contributed by atoms with Crippen molar-refractivity contribution >= 4 is 71.9 Å². The molecule has 1 aliphatic rings. The van der Waals surface area contributed by atoms with Crippen molar-refractivity contribution in [2.45, 2.75) is 13.1 Å². The third-order valence-corrected chi connectivity index (χ3v) is 14.4. The van der Waals surface area contributed by atoms with Crippen LogP contribution in [-0.4, -0.2) is 22.6 Å². The van der Waals surface area contributed by atoms with E-state index in [0.717, 1.165) is 28.3 Å². The normalized spacial score (nSPS) is 13.5. The highest BCUT2D eigenvalue weighted by Gasteiger charge is 2.41. The van der Waals surface area contributed by atoms with Crippen LogP contribution in [0.4, 0.5) is 0 Å². The van der Waals surface area contributed by atoms with Gasteiger partial charge in [0.15, 0.2) is 5.82 Å². The Morgan fingerprint density at radius 3 is 2.13 bits per heavy atom. The van der Waals surface area contributed by atoms with Gasteiger partial charge in [0.25, 0.3) is 0 Å². The Kier molecular flexibility index (Phi) is 5.60. The van der Waals surface area contributed by atoms with E-state index in [1.165, 1.54) is 63.6 Å². The van der Waals surface area contributed by atoms with Crippen molar-refractivity contribution in [3.05, 3.63) is 140 Å². The Morgan fingerprint density at radius 2 is 1.28 bits per heavy atom. The Bertz CT molecular complexity index is 2700. The molecule has 0 radical (unpaired) electrons. The number of fused-ring (bicyclic) bond motifs is 10. The molecule has 3 aromatic heterocycles. The molecule has 0 aliphatic carbocycles. The fourth-order valence-electron chi connectivity index (χ4n) is 7.79. The Hall–Kier alpha value is -5.36. The number of aromatic nitrogens is 3. The van der Waals surface area contributed by atoms with E-state index in [1.807, 2.05) is 17.4 Å². The lowest BCUT2D eigenvalue weighted by Crippen LogP contribution is -2.50. The molecule has 0 unspecified atom stereocenters. The molecule has 47 heavy (non-hydrogen) atoms. The molecule has 5 heteroatoms. The summed E-state index contributed by atoms with van der Waals surface area (Å²) in [5, 5.41) is 7.95. The van der Waals surface area contributed by atoms with Crippen molar-refractivity contribution in [2.24, 2.45) is 0 Å². The molecule has 3 nitrogen and oxygen atoms in total. The van der Waals surface area contributed by atoms with Crippen molar-refractivity contribution in [1.29, 1.82) is 0 Å². The molecule has 0 N–H and O–H groups in total. The quantitative estimate of drug-likeness (QED) is 0.181. The highest BCUT2D eigenvalue weighted by Crippen LogP contribution is 2.43. The third kappa shape index (κ3) is 3.78. The standard InChI is InChI=1S/C42H29N3SSi/c1-47(2)36-19-11-8-16-31(36)39-40(43-41(44-42(39)47)27-12-4-3-5-13-27)26-20-22-28(23-21-26)45-32-17-9-6-14-29(32)37-33(45)24-25-35-38(37)30-15-7-10-18-34(30)46-35/h3-25H,1-2H3. The fraction of sp³-hybridized carbons (Fsp3) is 0.0476. The summed E-state index contributed by atoms with van der Waals surface area (Å²) in [7, 11) is -2.02. The zero-order chi connectivity index (χ0) is 31.3. The summed E-state index contributed by atoms with van der Waals surface area (Å²) in [6, 6.07) is 50.5. The monoisotopic (exact) mass is 635 g/mol. The second kappa shape index (κ2) is 9.82. The van der Waals surface area contributed by atoms with Gasteiger partial charge in [0.1, 0.15) is 8.07 Å². The maximum absolute atomic E-state index is 5.30. The second-order valence-electron chi connectivity index (χ2n) is 13.0. The van der Waals surface area contributed by atoms with Crippen molar-refractivity contribution in [1.82, 2.24) is 14.5 Å². The van der Waals surface area contributed by atoms with Crippen LogP contribution in [0.25, 0.3) is 81.4 Å². The molecular weight excluding hydrogens is 607 g/mol. The Labute approximate surface area is 277 Å². The van der Waals surface area contributed by atoms with Crippen LogP contribution in [0.5, 0.6) is 0 Å². The Balaban J connectivity index is 1.20. The van der Waals surface area contributed by atoms with E-state index < -0.39 is 8.07 Å². The first-order valence-corrected chi connectivity index (χ1v) is 19.9. The van der Waals surface area contributed by atoms with E-state index in [-0.39, 0.29) is 0 Å². The summed E-state index contributed by atoms with van der Waals surface area (Å²) in [4.78, 5) is 10.6. The number of benzene rings is 6. The Morgan fingerprint density at radius 1 is 0.553 bits per heavy atom. The zero-order valence-electron chi connectivity index (χ0n) is 26.0. The predicted molar refractivity (Wildman–Crippen MR) is 202 cm³/mol. The average Bonchev–Trinajstić information content (AvgIpc) is 3.74. The van der Waals surface area contributed by atoms with Gasteiger partial charge >= 0.3 is 0 Å². The molecule has 0 amide bonds.